The van der Waals surface area contributed by atoms with Gasteiger partial charge in [-0.05, 0) is 35.2 Å². The van der Waals surface area contributed by atoms with Crippen LogP contribution in [0.2, 0.25) is 0 Å². The van der Waals surface area contributed by atoms with E-state index in [1.165, 1.54) is 5.56 Å². The molecule has 1 aromatic heterocycles. The zero-order chi connectivity index (χ0) is 21.7. The molecule has 1 aliphatic heterocycles. The third-order valence-corrected chi connectivity index (χ3v) is 5.76. The van der Waals surface area contributed by atoms with Gasteiger partial charge >= 0.3 is 0 Å². The van der Waals surface area contributed by atoms with E-state index >= 15 is 0 Å². The summed E-state index contributed by atoms with van der Waals surface area (Å²) in [5.41, 5.74) is 19.0. The minimum absolute atomic E-state index is 0.0627. The van der Waals surface area contributed by atoms with Gasteiger partial charge in [-0.1, -0.05) is 50.2 Å². The standard InChI is InChI=1S/C25H21N5O/c1-13(2)14-7-9-15(10-8-14)21-16(12-26)25(28)31-24-17(27)11-20-23(22(21)24)30-19-6-4-3-5-18(19)29-20/h3-11,13,21H,27-28H2,1-2H3. The molecule has 4 N–H and O–H groups in total. The first-order valence-corrected chi connectivity index (χ1v) is 10.1. The summed E-state index contributed by atoms with van der Waals surface area (Å²) >= 11 is 0. The number of allylic oxidation sites excluding steroid dienone is 1. The summed E-state index contributed by atoms with van der Waals surface area (Å²) in [5, 5.41) is 9.94. The molecule has 4 aromatic rings. The number of nitriles is 1. The van der Waals surface area contributed by atoms with Crippen molar-refractivity contribution in [2.24, 2.45) is 5.73 Å². The number of para-hydroxylation sites is 2. The lowest BCUT2D eigenvalue weighted by Crippen LogP contribution is -2.22. The van der Waals surface area contributed by atoms with Crippen molar-refractivity contribution in [1.82, 2.24) is 9.97 Å². The summed E-state index contributed by atoms with van der Waals surface area (Å²) in [5.74, 6) is 0.455. The van der Waals surface area contributed by atoms with Gasteiger partial charge in [-0.15, -0.1) is 0 Å². The maximum Gasteiger partial charge on any atom is 0.205 e. The van der Waals surface area contributed by atoms with Crippen molar-refractivity contribution in [3.05, 3.63) is 82.7 Å². The highest BCUT2D eigenvalue weighted by atomic mass is 16.5. The molecule has 6 heteroatoms. The van der Waals surface area contributed by atoms with Crippen LogP contribution in [0.25, 0.3) is 22.1 Å². The molecule has 1 aliphatic rings. The second kappa shape index (κ2) is 6.99. The molecule has 0 aliphatic carbocycles. The van der Waals surface area contributed by atoms with Gasteiger partial charge in [0.25, 0.3) is 0 Å². The molecular weight excluding hydrogens is 386 g/mol. The number of nitrogen functional groups attached to an aromatic ring is 1. The Bertz CT molecular complexity index is 1410. The fourth-order valence-electron chi connectivity index (χ4n) is 4.15. The lowest BCUT2D eigenvalue weighted by atomic mass is 9.81. The summed E-state index contributed by atoms with van der Waals surface area (Å²) in [6, 6.07) is 19.9. The molecule has 31 heavy (non-hydrogen) atoms. The SMILES string of the molecule is CC(C)c1ccc(C2C(C#N)=C(N)Oc3c(N)cc4nc5ccccc5nc4c32)cc1. The number of anilines is 1. The predicted octanol–water partition coefficient (Wildman–Crippen LogP) is 4.71. The monoisotopic (exact) mass is 407 g/mol. The van der Waals surface area contributed by atoms with Gasteiger partial charge in [-0.3, -0.25) is 0 Å². The molecular formula is C25H21N5O. The van der Waals surface area contributed by atoms with Crippen molar-refractivity contribution in [2.45, 2.75) is 25.7 Å². The first kappa shape index (κ1) is 18.9. The van der Waals surface area contributed by atoms with Crippen LogP contribution in [0.1, 0.15) is 42.4 Å². The average Bonchev–Trinajstić information content (AvgIpc) is 2.77. The molecule has 152 valence electrons. The summed E-state index contributed by atoms with van der Waals surface area (Å²) < 4.78 is 5.84. The van der Waals surface area contributed by atoms with Crippen molar-refractivity contribution >= 4 is 27.8 Å². The van der Waals surface area contributed by atoms with Crippen LogP contribution < -0.4 is 16.2 Å². The van der Waals surface area contributed by atoms with Crippen LogP contribution in [0, 0.1) is 11.3 Å². The van der Waals surface area contributed by atoms with Crippen molar-refractivity contribution in [2.75, 3.05) is 5.73 Å². The number of benzene rings is 3. The van der Waals surface area contributed by atoms with E-state index in [0.717, 1.165) is 22.2 Å². The predicted molar refractivity (Wildman–Crippen MR) is 121 cm³/mol. The van der Waals surface area contributed by atoms with Crippen molar-refractivity contribution < 1.29 is 4.74 Å². The first-order valence-electron chi connectivity index (χ1n) is 10.1. The van der Waals surface area contributed by atoms with E-state index in [9.17, 15) is 5.26 Å². The Hall–Kier alpha value is -4.11. The van der Waals surface area contributed by atoms with Crippen LogP contribution in [-0.2, 0) is 0 Å². The molecule has 6 nitrogen and oxygen atoms in total. The molecule has 0 amide bonds. The highest BCUT2D eigenvalue weighted by molar-refractivity contribution is 5.94. The van der Waals surface area contributed by atoms with Gasteiger partial charge in [-0.2, -0.15) is 5.26 Å². The number of rotatable bonds is 2. The highest BCUT2D eigenvalue weighted by Gasteiger charge is 2.34. The van der Waals surface area contributed by atoms with E-state index in [1.807, 2.05) is 36.4 Å². The topological polar surface area (TPSA) is 111 Å². The van der Waals surface area contributed by atoms with Crippen LogP contribution in [-0.4, -0.2) is 9.97 Å². The number of fused-ring (bicyclic) bond motifs is 4. The summed E-state index contributed by atoms with van der Waals surface area (Å²) in [6.07, 6.45) is 0. The minimum Gasteiger partial charge on any atom is -0.438 e. The van der Waals surface area contributed by atoms with Crippen LogP contribution >= 0.6 is 0 Å². The molecule has 0 saturated heterocycles. The van der Waals surface area contributed by atoms with E-state index in [2.05, 4.69) is 32.0 Å². The molecule has 0 spiro atoms. The number of aromatic nitrogens is 2. The summed E-state index contributed by atoms with van der Waals surface area (Å²) in [7, 11) is 0. The molecule has 1 unspecified atom stereocenters. The van der Waals surface area contributed by atoms with Crippen molar-refractivity contribution in [3.8, 4) is 11.8 Å². The highest BCUT2D eigenvalue weighted by Crippen LogP contribution is 2.48. The number of nitrogens with two attached hydrogens (primary N) is 2. The zero-order valence-electron chi connectivity index (χ0n) is 17.3. The molecule has 0 saturated carbocycles. The first-order chi connectivity index (χ1) is 15.0. The van der Waals surface area contributed by atoms with E-state index in [4.69, 9.17) is 26.2 Å². The summed E-state index contributed by atoms with van der Waals surface area (Å²) in [6.45, 7) is 4.29. The number of ether oxygens (including phenoxy) is 1. The van der Waals surface area contributed by atoms with Gasteiger partial charge in [0, 0.05) is 5.56 Å². The van der Waals surface area contributed by atoms with Crippen LogP contribution in [0.3, 0.4) is 0 Å². The van der Waals surface area contributed by atoms with E-state index in [0.29, 0.717) is 34.0 Å². The molecule has 0 radical (unpaired) electrons. The molecule has 0 bridgehead atoms. The normalized spacial score (nSPS) is 15.7. The summed E-state index contributed by atoms with van der Waals surface area (Å²) in [4.78, 5) is 9.63. The Morgan fingerprint density at radius 1 is 0.968 bits per heavy atom. The van der Waals surface area contributed by atoms with Gasteiger partial charge in [0.15, 0.2) is 5.75 Å². The largest absolute Gasteiger partial charge is 0.438 e. The average molecular weight is 407 g/mol. The second-order valence-corrected chi connectivity index (χ2v) is 8.03. The molecule has 5 rings (SSSR count). The Morgan fingerprint density at radius 3 is 2.29 bits per heavy atom. The fraction of sp³-hybridized carbons (Fsp3) is 0.160. The van der Waals surface area contributed by atoms with E-state index in [1.54, 1.807) is 6.07 Å². The van der Waals surface area contributed by atoms with Gasteiger partial charge in [0.1, 0.15) is 11.6 Å². The Labute approximate surface area is 179 Å². The third-order valence-electron chi connectivity index (χ3n) is 5.76. The maximum atomic E-state index is 9.94. The number of hydrogen-bond acceptors (Lipinski definition) is 6. The van der Waals surface area contributed by atoms with Crippen molar-refractivity contribution in [3.63, 3.8) is 0 Å². The van der Waals surface area contributed by atoms with Crippen LogP contribution in [0.15, 0.2) is 66.1 Å². The number of nitrogens with zero attached hydrogens (tertiary/aromatic N) is 3. The maximum absolute atomic E-state index is 9.94. The molecule has 0 fully saturated rings. The molecule has 2 heterocycles. The molecule has 1 atom stereocenters. The Kier molecular flexibility index (Phi) is 4.26. The van der Waals surface area contributed by atoms with Crippen LogP contribution in [0.5, 0.6) is 5.75 Å². The smallest absolute Gasteiger partial charge is 0.205 e. The quantitative estimate of drug-likeness (QED) is 0.368. The molecule has 3 aromatic carbocycles. The van der Waals surface area contributed by atoms with E-state index < -0.39 is 5.92 Å². The Morgan fingerprint density at radius 2 is 1.65 bits per heavy atom. The van der Waals surface area contributed by atoms with Gasteiger partial charge < -0.3 is 16.2 Å². The van der Waals surface area contributed by atoms with Gasteiger partial charge in [0.05, 0.1) is 33.7 Å². The fourth-order valence-corrected chi connectivity index (χ4v) is 4.15. The third kappa shape index (κ3) is 2.94. The van der Waals surface area contributed by atoms with Gasteiger partial charge in [-0.25, -0.2) is 9.97 Å². The van der Waals surface area contributed by atoms with Gasteiger partial charge in [0.2, 0.25) is 5.88 Å². The second-order valence-electron chi connectivity index (χ2n) is 8.03. The zero-order valence-corrected chi connectivity index (χ0v) is 17.3. The number of hydrogen-bond donors (Lipinski definition) is 2. The van der Waals surface area contributed by atoms with E-state index in [-0.39, 0.29) is 5.88 Å². The lowest BCUT2D eigenvalue weighted by Gasteiger charge is -2.28. The minimum atomic E-state index is -0.448. The van der Waals surface area contributed by atoms with Crippen LogP contribution in [0.4, 0.5) is 5.69 Å². The lowest BCUT2D eigenvalue weighted by molar-refractivity contribution is 0.397. The Balaban J connectivity index is 1.84. The van der Waals surface area contributed by atoms with Crippen molar-refractivity contribution in [1.29, 1.82) is 5.26 Å².